The molecule has 1 N–H and O–H groups in total. The molecule has 0 bridgehead atoms. The molecule has 1 fully saturated rings. The van der Waals surface area contributed by atoms with Gasteiger partial charge in [-0.3, -0.25) is 4.79 Å². The molecular formula is C17H22N2O. The number of carbonyl (C=O) groups excluding carboxylic acids is 1. The van der Waals surface area contributed by atoms with Gasteiger partial charge >= 0.3 is 0 Å². The zero-order valence-corrected chi connectivity index (χ0v) is 12.3. The Labute approximate surface area is 120 Å². The molecule has 1 aromatic carbocycles. The van der Waals surface area contributed by atoms with Gasteiger partial charge in [0.25, 0.3) is 0 Å². The van der Waals surface area contributed by atoms with Gasteiger partial charge < -0.3 is 9.88 Å². The lowest BCUT2D eigenvalue weighted by molar-refractivity contribution is -0.131. The number of rotatable bonds is 2. The molecule has 106 valence electrons. The molecule has 0 spiro atoms. The fraction of sp³-hybridized carbons (Fsp3) is 0.471. The molecule has 0 aliphatic carbocycles. The van der Waals surface area contributed by atoms with Crippen molar-refractivity contribution in [2.75, 3.05) is 13.1 Å². The molecule has 1 saturated heterocycles. The maximum Gasteiger partial charge on any atom is 0.227 e. The summed E-state index contributed by atoms with van der Waals surface area (Å²) in [5.74, 6) is 1.02. The van der Waals surface area contributed by atoms with Crippen LogP contribution in [0.4, 0.5) is 0 Å². The third-order valence-electron chi connectivity index (χ3n) is 4.40. The Morgan fingerprint density at radius 3 is 2.85 bits per heavy atom. The normalized spacial score (nSPS) is 16.8. The molecule has 2 heterocycles. The first-order valence-corrected chi connectivity index (χ1v) is 7.48. The van der Waals surface area contributed by atoms with E-state index >= 15 is 0 Å². The zero-order valence-electron chi connectivity index (χ0n) is 12.3. The first kappa shape index (κ1) is 13.2. The molecule has 2 aromatic rings. The summed E-state index contributed by atoms with van der Waals surface area (Å²) in [6, 6.07) is 6.34. The minimum absolute atomic E-state index is 0.263. The summed E-state index contributed by atoms with van der Waals surface area (Å²) in [6.07, 6.45) is 4.77. The second-order valence-electron chi connectivity index (χ2n) is 6.10. The molecule has 0 radical (unpaired) electrons. The smallest absolute Gasteiger partial charge is 0.227 e. The Bertz CT molecular complexity index is 621. The fourth-order valence-electron chi connectivity index (χ4n) is 2.97. The van der Waals surface area contributed by atoms with Gasteiger partial charge in [-0.2, -0.15) is 0 Å². The van der Waals surface area contributed by atoms with Crippen molar-refractivity contribution in [1.29, 1.82) is 0 Å². The average molecular weight is 270 g/mol. The summed E-state index contributed by atoms with van der Waals surface area (Å²) in [5.41, 5.74) is 3.47. The largest absolute Gasteiger partial charge is 0.361 e. The topological polar surface area (TPSA) is 36.1 Å². The van der Waals surface area contributed by atoms with Gasteiger partial charge in [0.2, 0.25) is 5.91 Å². The van der Waals surface area contributed by atoms with Crippen LogP contribution < -0.4 is 0 Å². The van der Waals surface area contributed by atoms with E-state index < -0.39 is 0 Å². The van der Waals surface area contributed by atoms with E-state index in [-0.39, 0.29) is 5.91 Å². The molecule has 0 atom stereocenters. The van der Waals surface area contributed by atoms with Crippen LogP contribution in [0.2, 0.25) is 0 Å². The predicted octanol–water partition coefficient (Wildman–Crippen LogP) is 3.28. The van der Waals surface area contributed by atoms with Crippen LogP contribution in [-0.4, -0.2) is 28.9 Å². The van der Waals surface area contributed by atoms with Crippen molar-refractivity contribution in [3.8, 4) is 0 Å². The van der Waals surface area contributed by atoms with Crippen LogP contribution in [0.15, 0.2) is 24.4 Å². The van der Waals surface area contributed by atoms with Crippen molar-refractivity contribution < 1.29 is 4.79 Å². The highest BCUT2D eigenvalue weighted by molar-refractivity contribution is 5.89. The van der Waals surface area contributed by atoms with E-state index in [4.69, 9.17) is 0 Å². The quantitative estimate of drug-likeness (QED) is 0.893. The van der Waals surface area contributed by atoms with Crippen LogP contribution in [0.5, 0.6) is 0 Å². The molecule has 1 aliphatic heterocycles. The lowest BCUT2D eigenvalue weighted by atomic mass is 9.98. The van der Waals surface area contributed by atoms with E-state index in [1.54, 1.807) is 0 Å². The van der Waals surface area contributed by atoms with Crippen LogP contribution in [-0.2, 0) is 11.2 Å². The number of aryl methyl sites for hydroxylation is 1. The summed E-state index contributed by atoms with van der Waals surface area (Å²) < 4.78 is 0. The van der Waals surface area contributed by atoms with Gasteiger partial charge in [0.1, 0.15) is 0 Å². The number of hydrogen-bond acceptors (Lipinski definition) is 1. The van der Waals surface area contributed by atoms with E-state index in [2.05, 4.69) is 37.0 Å². The average Bonchev–Trinajstić information content (AvgIpc) is 2.82. The summed E-state index contributed by atoms with van der Waals surface area (Å²) in [7, 11) is 0. The van der Waals surface area contributed by atoms with Crippen molar-refractivity contribution in [3.63, 3.8) is 0 Å². The molecule has 3 rings (SSSR count). The Kier molecular flexibility index (Phi) is 3.51. The van der Waals surface area contributed by atoms with Crippen molar-refractivity contribution >= 4 is 16.8 Å². The lowest BCUT2D eigenvalue weighted by Crippen LogP contribution is -2.38. The monoisotopic (exact) mass is 270 g/mol. The Balaban J connectivity index is 1.76. The maximum absolute atomic E-state index is 12.4. The molecule has 1 amide bonds. The number of likely N-dealkylation sites (tertiary alicyclic amines) is 1. The standard InChI is InChI=1S/C17H22N2O/c1-12-5-7-19(8-6-12)17(20)10-14-11-18-16-4-3-13(2)9-15(14)16/h3-4,9,11-12,18H,5-8,10H2,1-2H3. The SMILES string of the molecule is Cc1ccc2[nH]cc(CC(=O)N3CCC(C)CC3)c2c1. The van der Waals surface area contributed by atoms with E-state index in [9.17, 15) is 4.79 Å². The van der Waals surface area contributed by atoms with E-state index in [0.29, 0.717) is 6.42 Å². The number of carbonyl (C=O) groups is 1. The number of aromatic amines is 1. The summed E-state index contributed by atoms with van der Waals surface area (Å²) in [4.78, 5) is 17.7. The maximum atomic E-state index is 12.4. The Morgan fingerprint density at radius 1 is 1.35 bits per heavy atom. The van der Waals surface area contributed by atoms with Gasteiger partial charge in [-0.1, -0.05) is 18.6 Å². The number of fused-ring (bicyclic) bond motifs is 1. The molecule has 0 unspecified atom stereocenters. The Morgan fingerprint density at radius 2 is 2.10 bits per heavy atom. The van der Waals surface area contributed by atoms with Crippen LogP contribution in [0.1, 0.15) is 30.9 Å². The number of nitrogens with one attached hydrogen (secondary N) is 1. The second kappa shape index (κ2) is 5.31. The molecule has 1 aromatic heterocycles. The Hall–Kier alpha value is -1.77. The third kappa shape index (κ3) is 2.58. The highest BCUT2D eigenvalue weighted by Gasteiger charge is 2.21. The predicted molar refractivity (Wildman–Crippen MR) is 81.7 cm³/mol. The number of nitrogens with zero attached hydrogens (tertiary/aromatic N) is 1. The van der Waals surface area contributed by atoms with Gasteiger partial charge in [-0.15, -0.1) is 0 Å². The van der Waals surface area contributed by atoms with E-state index in [1.807, 2.05) is 11.1 Å². The summed E-state index contributed by atoms with van der Waals surface area (Å²) in [5, 5.41) is 1.18. The first-order chi connectivity index (χ1) is 9.63. The number of amides is 1. The van der Waals surface area contributed by atoms with Crippen LogP contribution in [0.25, 0.3) is 10.9 Å². The van der Waals surface area contributed by atoms with Crippen LogP contribution in [0.3, 0.4) is 0 Å². The molecule has 1 aliphatic rings. The third-order valence-corrected chi connectivity index (χ3v) is 4.40. The molecular weight excluding hydrogens is 248 g/mol. The highest BCUT2D eigenvalue weighted by Crippen LogP contribution is 2.22. The molecule has 0 saturated carbocycles. The van der Waals surface area contributed by atoms with Crippen molar-refractivity contribution in [2.24, 2.45) is 5.92 Å². The summed E-state index contributed by atoms with van der Waals surface area (Å²) in [6.45, 7) is 6.19. The van der Waals surface area contributed by atoms with E-state index in [1.165, 1.54) is 10.9 Å². The van der Waals surface area contributed by atoms with E-state index in [0.717, 1.165) is 42.9 Å². The van der Waals surface area contributed by atoms with Crippen LogP contribution in [0, 0.1) is 12.8 Å². The zero-order chi connectivity index (χ0) is 14.1. The number of piperidine rings is 1. The summed E-state index contributed by atoms with van der Waals surface area (Å²) >= 11 is 0. The fourth-order valence-corrected chi connectivity index (χ4v) is 2.97. The first-order valence-electron chi connectivity index (χ1n) is 7.48. The number of aromatic nitrogens is 1. The lowest BCUT2D eigenvalue weighted by Gasteiger charge is -2.30. The molecule has 3 nitrogen and oxygen atoms in total. The number of H-pyrrole nitrogens is 1. The molecule has 20 heavy (non-hydrogen) atoms. The van der Waals surface area contributed by atoms with Gasteiger partial charge in [0, 0.05) is 30.2 Å². The number of benzene rings is 1. The van der Waals surface area contributed by atoms with Crippen molar-refractivity contribution in [2.45, 2.75) is 33.1 Å². The van der Waals surface area contributed by atoms with Gasteiger partial charge in [-0.25, -0.2) is 0 Å². The second-order valence-corrected chi connectivity index (χ2v) is 6.10. The molecule has 3 heteroatoms. The van der Waals surface area contributed by atoms with Crippen LogP contribution >= 0.6 is 0 Å². The van der Waals surface area contributed by atoms with Gasteiger partial charge in [0.15, 0.2) is 0 Å². The van der Waals surface area contributed by atoms with Crippen molar-refractivity contribution in [3.05, 3.63) is 35.5 Å². The minimum atomic E-state index is 0.263. The van der Waals surface area contributed by atoms with Crippen molar-refractivity contribution in [1.82, 2.24) is 9.88 Å². The van der Waals surface area contributed by atoms with Gasteiger partial charge in [0.05, 0.1) is 6.42 Å². The number of hydrogen-bond donors (Lipinski definition) is 1. The van der Waals surface area contributed by atoms with Gasteiger partial charge in [-0.05, 0) is 43.4 Å². The highest BCUT2D eigenvalue weighted by atomic mass is 16.2. The minimum Gasteiger partial charge on any atom is -0.361 e.